The van der Waals surface area contributed by atoms with E-state index in [9.17, 15) is 36.3 Å². The molecule has 12 nitrogen and oxygen atoms in total. The Hall–Kier alpha value is -4.28. The van der Waals surface area contributed by atoms with Crippen LogP contribution in [-0.2, 0) is 47.2 Å². The summed E-state index contributed by atoms with van der Waals surface area (Å²) in [6, 6.07) is 23.6. The van der Waals surface area contributed by atoms with Crippen LogP contribution in [0.2, 0.25) is 0 Å². The van der Waals surface area contributed by atoms with Gasteiger partial charge in [0.25, 0.3) is 5.91 Å². The van der Waals surface area contributed by atoms with E-state index in [1.54, 1.807) is 66.7 Å². The van der Waals surface area contributed by atoms with Gasteiger partial charge in [0, 0.05) is 16.7 Å². The zero-order valence-electron chi connectivity index (χ0n) is 29.9. The number of aliphatic hydroxyl groups is 1. The lowest BCUT2D eigenvalue weighted by atomic mass is 9.97. The van der Waals surface area contributed by atoms with Crippen LogP contribution in [-0.4, -0.2) is 91.4 Å². The van der Waals surface area contributed by atoms with Crippen molar-refractivity contribution in [2.45, 2.75) is 67.6 Å². The molecule has 0 spiro atoms. The number of nitrogens with zero attached hydrogens (tertiary/aromatic N) is 1. The Labute approximate surface area is 314 Å². The lowest BCUT2D eigenvalue weighted by Gasteiger charge is -2.33. The third-order valence-electron chi connectivity index (χ3n) is 9.20. The summed E-state index contributed by atoms with van der Waals surface area (Å²) in [7, 11) is -8.41. The van der Waals surface area contributed by atoms with E-state index in [4.69, 9.17) is 0 Å². The van der Waals surface area contributed by atoms with E-state index >= 15 is 0 Å². The molecule has 0 aromatic heterocycles. The van der Waals surface area contributed by atoms with Crippen LogP contribution in [0.25, 0.3) is 10.8 Å². The highest BCUT2D eigenvalue weighted by atomic mass is 32.2. The number of rotatable bonds is 14. The van der Waals surface area contributed by atoms with Crippen LogP contribution in [0.3, 0.4) is 0 Å². The number of aryl methyl sites for hydroxylation is 1. The fourth-order valence-corrected chi connectivity index (χ4v) is 10.0. The molecule has 282 valence electrons. The number of nitrogens with one attached hydrogen (secondary N) is 3. The molecule has 1 fully saturated rings. The molecule has 4 aromatic carbocycles. The summed E-state index contributed by atoms with van der Waals surface area (Å²) < 4.78 is 53.9. The molecule has 1 saturated heterocycles. The normalized spacial score (nSPS) is 17.5. The van der Waals surface area contributed by atoms with Crippen molar-refractivity contribution in [1.29, 1.82) is 0 Å². The smallest absolute Gasteiger partial charge is 0.254 e. The largest absolute Gasteiger partial charge is 0.381 e. The predicted molar refractivity (Wildman–Crippen MR) is 206 cm³/mol. The maximum absolute atomic E-state index is 14.2. The van der Waals surface area contributed by atoms with Gasteiger partial charge in [0.15, 0.2) is 15.9 Å². The molecule has 1 aliphatic rings. The molecule has 0 aliphatic carbocycles. The van der Waals surface area contributed by atoms with Gasteiger partial charge in [0.1, 0.15) is 12.1 Å². The van der Waals surface area contributed by atoms with Crippen molar-refractivity contribution in [2.75, 3.05) is 17.9 Å². The van der Waals surface area contributed by atoms with Gasteiger partial charge in [-0.2, -0.15) is 0 Å². The van der Waals surface area contributed by atoms with Gasteiger partial charge in [0.05, 0.1) is 28.8 Å². The van der Waals surface area contributed by atoms with Crippen LogP contribution in [0, 0.1) is 6.92 Å². The summed E-state index contributed by atoms with van der Waals surface area (Å²) in [5, 5.41) is 18.3. The number of hydrogen-bond acceptors (Lipinski definition) is 9. The molecule has 3 amide bonds. The zero-order valence-corrected chi connectivity index (χ0v) is 32.3. The van der Waals surface area contributed by atoms with Gasteiger partial charge in [-0.1, -0.05) is 91.0 Å². The average molecular weight is 781 g/mol. The van der Waals surface area contributed by atoms with E-state index in [1.807, 2.05) is 45.0 Å². The number of fused-ring (bicyclic) bond motifs is 1. The van der Waals surface area contributed by atoms with E-state index in [0.29, 0.717) is 16.3 Å². The molecule has 4 N–H and O–H groups in total. The maximum Gasteiger partial charge on any atom is 0.254 e. The van der Waals surface area contributed by atoms with Gasteiger partial charge in [-0.25, -0.2) is 21.6 Å². The topological polar surface area (TPSA) is 179 Å². The molecule has 1 heterocycles. The Kier molecular flexibility index (Phi) is 12.3. The molecular weight excluding hydrogens is 737 g/mol. The molecule has 0 bridgehead atoms. The number of sulfonamides is 1. The maximum atomic E-state index is 14.2. The van der Waals surface area contributed by atoms with E-state index < -0.39 is 72.3 Å². The van der Waals surface area contributed by atoms with Crippen LogP contribution < -0.4 is 15.4 Å². The van der Waals surface area contributed by atoms with Crippen LogP contribution in [0.15, 0.2) is 102 Å². The number of carbonyl (C=O) groups excluding carboxylic acids is 3. The third-order valence-corrected chi connectivity index (χ3v) is 13.1. The van der Waals surface area contributed by atoms with Crippen molar-refractivity contribution in [2.24, 2.45) is 0 Å². The quantitative estimate of drug-likeness (QED) is 0.150. The van der Waals surface area contributed by atoms with E-state index in [1.165, 1.54) is 22.7 Å². The van der Waals surface area contributed by atoms with Crippen LogP contribution in [0.1, 0.15) is 30.5 Å². The van der Waals surface area contributed by atoms with E-state index in [-0.39, 0.29) is 23.7 Å². The molecule has 5 rings (SSSR count). The molecular formula is C38H44N4O8S3. The van der Waals surface area contributed by atoms with Crippen molar-refractivity contribution < 1.29 is 36.3 Å². The summed E-state index contributed by atoms with van der Waals surface area (Å²) in [6.45, 7) is 5.82. The molecule has 0 unspecified atom stereocenters. The first kappa shape index (κ1) is 39.9. The molecule has 53 heavy (non-hydrogen) atoms. The number of carbonyl (C=O) groups is 3. The minimum atomic E-state index is -4.28. The van der Waals surface area contributed by atoms with Gasteiger partial charge in [-0.15, -0.1) is 11.8 Å². The summed E-state index contributed by atoms with van der Waals surface area (Å²) in [5.41, 5.74) is 2.53. The van der Waals surface area contributed by atoms with Crippen molar-refractivity contribution in [3.05, 3.63) is 114 Å². The lowest BCUT2D eigenvalue weighted by Crippen LogP contribution is -2.60. The van der Waals surface area contributed by atoms with E-state index in [2.05, 4.69) is 15.4 Å². The predicted octanol–water partition coefficient (Wildman–Crippen LogP) is 2.92. The third kappa shape index (κ3) is 9.83. The van der Waals surface area contributed by atoms with Crippen LogP contribution in [0.5, 0.6) is 0 Å². The van der Waals surface area contributed by atoms with Gasteiger partial charge in [-0.3, -0.25) is 14.4 Å². The zero-order chi connectivity index (χ0) is 38.6. The number of thioether (sulfide) groups is 1. The summed E-state index contributed by atoms with van der Waals surface area (Å²) in [5.74, 6) is -3.16. The van der Waals surface area contributed by atoms with Gasteiger partial charge < -0.3 is 20.6 Å². The Bertz CT molecular complexity index is 2190. The molecule has 4 atom stereocenters. The fraction of sp³-hybridized carbons (Fsp3) is 0.342. The van der Waals surface area contributed by atoms with Crippen molar-refractivity contribution in [3.63, 3.8) is 0 Å². The second-order valence-electron chi connectivity index (χ2n) is 13.7. The first-order chi connectivity index (χ1) is 25.0. The standard InChI is InChI=1S/C38H44N4O8S3/c1-25-13-8-9-17-28(25)22-39-36(45)34-38(2,3)51-24-42(34)37(46)33(43)30(21-26-14-6-5-7-15-26)40-35(44)31(41-52(4,47)48)23-53(49,50)32-20-12-18-27-16-10-11-19-29(27)32/h5-20,30-31,33-34,41,43H,21-24H2,1-4H3,(H,39,45)(H,40,44)/t30-,31+,33-,34+/m0/s1. The second kappa shape index (κ2) is 16.4. The summed E-state index contributed by atoms with van der Waals surface area (Å²) >= 11 is 1.36. The van der Waals surface area contributed by atoms with Crippen LogP contribution in [0.4, 0.5) is 0 Å². The average Bonchev–Trinajstić information content (AvgIpc) is 3.43. The number of sulfone groups is 1. The molecule has 0 saturated carbocycles. The van der Waals surface area contributed by atoms with Crippen LogP contribution >= 0.6 is 11.8 Å². The number of amides is 3. The highest BCUT2D eigenvalue weighted by Gasteiger charge is 2.50. The van der Waals surface area contributed by atoms with E-state index in [0.717, 1.165) is 17.4 Å². The second-order valence-corrected chi connectivity index (χ2v) is 19.1. The lowest BCUT2D eigenvalue weighted by molar-refractivity contribution is -0.147. The van der Waals surface area contributed by atoms with Crippen molar-refractivity contribution in [1.82, 2.24) is 20.3 Å². The Morgan fingerprint density at radius 3 is 2.25 bits per heavy atom. The molecule has 15 heteroatoms. The molecule has 1 aliphatic heterocycles. The Morgan fingerprint density at radius 1 is 0.906 bits per heavy atom. The number of aliphatic hydroxyl groups excluding tert-OH is 1. The van der Waals surface area contributed by atoms with Crippen molar-refractivity contribution in [3.8, 4) is 0 Å². The first-order valence-corrected chi connectivity index (χ1v) is 21.5. The molecule has 4 aromatic rings. The highest BCUT2D eigenvalue weighted by molar-refractivity contribution is 8.00. The van der Waals surface area contributed by atoms with Crippen molar-refractivity contribution >= 4 is 60.1 Å². The monoisotopic (exact) mass is 780 g/mol. The van der Waals surface area contributed by atoms with Gasteiger partial charge >= 0.3 is 0 Å². The minimum absolute atomic E-state index is 0.0737. The SMILES string of the molecule is Cc1ccccc1CNC(=O)[C@H]1N(C(=O)[C@@H](O)[C@H](Cc2ccccc2)NC(=O)[C@@H](CS(=O)(=O)c2cccc3ccccc23)NS(C)(=O)=O)CSC1(C)C. The summed E-state index contributed by atoms with van der Waals surface area (Å²) in [4.78, 5) is 43.0. The first-order valence-electron chi connectivity index (χ1n) is 16.9. The minimum Gasteiger partial charge on any atom is -0.381 e. The Balaban J connectivity index is 1.41. The Morgan fingerprint density at radius 2 is 1.55 bits per heavy atom. The fourth-order valence-electron chi connectivity index (χ4n) is 6.43. The number of hydrogen-bond donors (Lipinski definition) is 4. The molecule has 0 radical (unpaired) electrons. The summed E-state index contributed by atoms with van der Waals surface area (Å²) in [6.07, 6.45) is -1.17. The number of benzene rings is 4. The highest BCUT2D eigenvalue weighted by Crippen LogP contribution is 2.40. The van der Waals surface area contributed by atoms with Gasteiger partial charge in [-0.05, 0) is 55.3 Å². The van der Waals surface area contributed by atoms with Gasteiger partial charge in [0.2, 0.25) is 21.8 Å².